The number of halogens is 1. The first-order valence-electron chi connectivity index (χ1n) is 5.26. The number of carbonyl (C=O) groups excluding carboxylic acids is 1. The van der Waals surface area contributed by atoms with E-state index in [4.69, 9.17) is 0 Å². The highest BCUT2D eigenvalue weighted by Gasteiger charge is 2.08. The molecule has 5 heteroatoms. The third-order valence-corrected chi connectivity index (χ3v) is 3.73. The molecule has 0 fully saturated rings. The Morgan fingerprint density at radius 2 is 2.00 bits per heavy atom. The van der Waals surface area contributed by atoms with Crippen LogP contribution in [0.3, 0.4) is 0 Å². The van der Waals surface area contributed by atoms with Gasteiger partial charge in [0.25, 0.3) is 5.91 Å². The van der Waals surface area contributed by atoms with Gasteiger partial charge in [-0.2, -0.15) is 0 Å². The number of nitrogens with one attached hydrogen (secondary N) is 1. The van der Waals surface area contributed by atoms with E-state index < -0.39 is 0 Å². The summed E-state index contributed by atoms with van der Waals surface area (Å²) in [6.07, 6.45) is 3.66. The van der Waals surface area contributed by atoms with Gasteiger partial charge in [-0.25, -0.2) is 4.98 Å². The Morgan fingerprint density at radius 3 is 2.61 bits per heavy atom. The Kier molecular flexibility index (Phi) is 4.38. The summed E-state index contributed by atoms with van der Waals surface area (Å²) < 4.78 is 0.624. The monoisotopic (exact) mass is 322 g/mol. The Balaban J connectivity index is 2.14. The molecule has 0 radical (unpaired) electrons. The summed E-state index contributed by atoms with van der Waals surface area (Å²) in [4.78, 5) is 17.2. The largest absolute Gasteiger partial charge is 0.320 e. The fraction of sp³-hybridized carbons (Fsp3) is 0.0769. The average Bonchev–Trinajstić information content (AvgIpc) is 2.41. The van der Waals surface area contributed by atoms with Crippen LogP contribution in [0.25, 0.3) is 0 Å². The van der Waals surface area contributed by atoms with Gasteiger partial charge in [-0.05, 0) is 58.6 Å². The lowest BCUT2D eigenvalue weighted by Gasteiger charge is -2.06. The number of benzene rings is 1. The molecule has 0 atom stereocenters. The van der Waals surface area contributed by atoms with Crippen molar-refractivity contribution in [2.24, 2.45) is 0 Å². The zero-order valence-electron chi connectivity index (χ0n) is 9.68. The number of pyridine rings is 1. The minimum absolute atomic E-state index is 0.142. The van der Waals surface area contributed by atoms with Crippen LogP contribution in [0.1, 0.15) is 10.4 Å². The van der Waals surface area contributed by atoms with Crippen molar-refractivity contribution in [2.45, 2.75) is 4.90 Å². The van der Waals surface area contributed by atoms with Crippen LogP contribution in [0.4, 0.5) is 5.69 Å². The normalized spacial score (nSPS) is 10.1. The Labute approximate surface area is 118 Å². The van der Waals surface area contributed by atoms with Gasteiger partial charge in [0.15, 0.2) is 0 Å². The molecule has 1 aromatic carbocycles. The molecule has 0 unspecified atom stereocenters. The number of carbonyl (C=O) groups is 1. The van der Waals surface area contributed by atoms with Crippen LogP contribution < -0.4 is 5.32 Å². The molecule has 1 aromatic heterocycles. The Morgan fingerprint density at radius 1 is 1.28 bits per heavy atom. The molecule has 0 aliphatic rings. The topological polar surface area (TPSA) is 42.0 Å². The highest BCUT2D eigenvalue weighted by atomic mass is 79.9. The van der Waals surface area contributed by atoms with E-state index in [1.807, 2.05) is 30.5 Å². The van der Waals surface area contributed by atoms with Crippen molar-refractivity contribution in [3.63, 3.8) is 0 Å². The van der Waals surface area contributed by atoms with Crippen LogP contribution in [0.2, 0.25) is 0 Å². The van der Waals surface area contributed by atoms with Gasteiger partial charge in [0, 0.05) is 16.7 Å². The molecule has 2 rings (SSSR count). The zero-order chi connectivity index (χ0) is 13.0. The molecule has 0 bridgehead atoms. The van der Waals surface area contributed by atoms with Crippen LogP contribution >= 0.6 is 27.7 Å². The van der Waals surface area contributed by atoms with Crippen molar-refractivity contribution in [3.05, 3.63) is 52.8 Å². The summed E-state index contributed by atoms with van der Waals surface area (Å²) in [6.45, 7) is 0. The highest BCUT2D eigenvalue weighted by Crippen LogP contribution is 2.20. The summed E-state index contributed by atoms with van der Waals surface area (Å²) in [7, 11) is 0. The van der Waals surface area contributed by atoms with E-state index in [2.05, 4.69) is 26.2 Å². The molecular weight excluding hydrogens is 312 g/mol. The van der Waals surface area contributed by atoms with Gasteiger partial charge in [-0.1, -0.05) is 0 Å². The Hall–Kier alpha value is -1.33. The minimum atomic E-state index is -0.142. The van der Waals surface area contributed by atoms with E-state index in [0.717, 1.165) is 4.90 Å². The SMILES string of the molecule is CSc1ccc(C(=O)Nc2cccnc2Br)cc1. The van der Waals surface area contributed by atoms with E-state index in [9.17, 15) is 4.79 Å². The molecular formula is C13H11BrN2OS. The fourth-order valence-corrected chi connectivity index (χ4v) is 2.17. The number of anilines is 1. The standard InChI is InChI=1S/C13H11BrN2OS/c1-18-10-6-4-9(5-7-10)13(17)16-11-3-2-8-15-12(11)14/h2-8H,1H3,(H,16,17). The fourth-order valence-electron chi connectivity index (χ4n) is 1.42. The number of aromatic nitrogens is 1. The van der Waals surface area contributed by atoms with Gasteiger partial charge in [-0.15, -0.1) is 11.8 Å². The summed E-state index contributed by atoms with van der Waals surface area (Å²) >= 11 is 4.94. The molecule has 2 aromatic rings. The van der Waals surface area contributed by atoms with Crippen LogP contribution in [0.5, 0.6) is 0 Å². The molecule has 18 heavy (non-hydrogen) atoms. The average molecular weight is 323 g/mol. The molecule has 3 nitrogen and oxygen atoms in total. The van der Waals surface area contributed by atoms with Gasteiger partial charge >= 0.3 is 0 Å². The van der Waals surface area contributed by atoms with Crippen molar-refractivity contribution in [1.82, 2.24) is 4.98 Å². The van der Waals surface area contributed by atoms with Gasteiger partial charge in [0.05, 0.1) is 5.69 Å². The predicted octanol–water partition coefficient (Wildman–Crippen LogP) is 3.82. The van der Waals surface area contributed by atoms with Gasteiger partial charge < -0.3 is 5.32 Å². The quantitative estimate of drug-likeness (QED) is 0.690. The number of rotatable bonds is 3. The van der Waals surface area contributed by atoms with Gasteiger partial charge in [-0.3, -0.25) is 4.79 Å². The van der Waals surface area contributed by atoms with Crippen LogP contribution in [-0.4, -0.2) is 17.1 Å². The highest BCUT2D eigenvalue weighted by molar-refractivity contribution is 9.10. The summed E-state index contributed by atoms with van der Waals surface area (Å²) in [6, 6.07) is 11.1. The molecule has 1 heterocycles. The molecule has 1 amide bonds. The van der Waals surface area contributed by atoms with Gasteiger partial charge in [0.2, 0.25) is 0 Å². The first kappa shape index (κ1) is 13.1. The number of nitrogens with zero attached hydrogens (tertiary/aromatic N) is 1. The van der Waals surface area contributed by atoms with Crippen LogP contribution in [0.15, 0.2) is 52.1 Å². The molecule has 1 N–H and O–H groups in total. The molecule has 0 aliphatic heterocycles. The second-order valence-corrected chi connectivity index (χ2v) is 5.16. The lowest BCUT2D eigenvalue weighted by Crippen LogP contribution is -2.12. The first-order chi connectivity index (χ1) is 8.70. The lowest BCUT2D eigenvalue weighted by molar-refractivity contribution is 0.102. The summed E-state index contributed by atoms with van der Waals surface area (Å²) in [5, 5.41) is 2.81. The zero-order valence-corrected chi connectivity index (χ0v) is 12.1. The smallest absolute Gasteiger partial charge is 0.255 e. The minimum Gasteiger partial charge on any atom is -0.320 e. The van der Waals surface area contributed by atoms with Gasteiger partial charge in [0.1, 0.15) is 4.60 Å². The summed E-state index contributed by atoms with van der Waals surface area (Å²) in [5.41, 5.74) is 1.29. The number of amides is 1. The molecule has 0 saturated heterocycles. The van der Waals surface area contributed by atoms with E-state index in [0.29, 0.717) is 15.9 Å². The lowest BCUT2D eigenvalue weighted by atomic mass is 10.2. The maximum absolute atomic E-state index is 12.0. The maximum atomic E-state index is 12.0. The second-order valence-electron chi connectivity index (χ2n) is 3.52. The third-order valence-electron chi connectivity index (χ3n) is 2.36. The molecule has 0 saturated carbocycles. The van der Waals surface area contributed by atoms with E-state index in [1.165, 1.54) is 0 Å². The van der Waals surface area contributed by atoms with Crippen LogP contribution in [0, 0.1) is 0 Å². The maximum Gasteiger partial charge on any atom is 0.255 e. The molecule has 0 spiro atoms. The van der Waals surface area contributed by atoms with Crippen molar-refractivity contribution >= 4 is 39.3 Å². The number of hydrogen-bond donors (Lipinski definition) is 1. The van der Waals surface area contributed by atoms with E-state index in [-0.39, 0.29) is 5.91 Å². The summed E-state index contributed by atoms with van der Waals surface area (Å²) in [5.74, 6) is -0.142. The molecule has 0 aliphatic carbocycles. The van der Waals surface area contributed by atoms with Crippen molar-refractivity contribution < 1.29 is 4.79 Å². The van der Waals surface area contributed by atoms with E-state index >= 15 is 0 Å². The number of hydrogen-bond acceptors (Lipinski definition) is 3. The van der Waals surface area contributed by atoms with Crippen molar-refractivity contribution in [1.29, 1.82) is 0 Å². The number of thioether (sulfide) groups is 1. The molecule has 92 valence electrons. The Bertz CT molecular complexity index is 557. The third kappa shape index (κ3) is 3.11. The van der Waals surface area contributed by atoms with E-state index in [1.54, 1.807) is 30.1 Å². The predicted molar refractivity (Wildman–Crippen MR) is 78.1 cm³/mol. The van der Waals surface area contributed by atoms with Crippen molar-refractivity contribution in [3.8, 4) is 0 Å². The second kappa shape index (κ2) is 6.02. The first-order valence-corrected chi connectivity index (χ1v) is 7.28. The van der Waals surface area contributed by atoms with Crippen LogP contribution in [-0.2, 0) is 0 Å². The van der Waals surface area contributed by atoms with Crippen molar-refractivity contribution in [2.75, 3.05) is 11.6 Å².